The zero-order chi connectivity index (χ0) is 20.1. The Labute approximate surface area is 165 Å². The number of nitrogens with zero attached hydrogens (tertiary/aromatic N) is 1. The molecule has 0 saturated carbocycles. The summed E-state index contributed by atoms with van der Waals surface area (Å²) in [5, 5.41) is 2.85. The van der Waals surface area contributed by atoms with Crippen LogP contribution < -0.4 is 10.1 Å². The average molecular weight is 401 g/mol. The van der Waals surface area contributed by atoms with Crippen molar-refractivity contribution in [3.05, 3.63) is 67.3 Å². The lowest BCUT2D eigenvalue weighted by Crippen LogP contribution is -2.50. The molecule has 1 aliphatic rings. The molecule has 2 atom stereocenters. The fraction of sp³-hybridized carbons (Fsp3) is 0.286. The highest BCUT2D eigenvalue weighted by molar-refractivity contribution is 7.89. The second-order valence-electron chi connectivity index (χ2n) is 6.79. The van der Waals surface area contributed by atoms with Crippen molar-refractivity contribution in [2.75, 3.05) is 6.54 Å². The maximum atomic E-state index is 13.0. The van der Waals surface area contributed by atoms with Crippen LogP contribution in [0.3, 0.4) is 0 Å². The van der Waals surface area contributed by atoms with E-state index in [1.54, 1.807) is 24.3 Å². The molecule has 6 nitrogen and oxygen atoms in total. The first kappa shape index (κ1) is 20.1. The van der Waals surface area contributed by atoms with Crippen LogP contribution in [0.2, 0.25) is 0 Å². The van der Waals surface area contributed by atoms with Crippen molar-refractivity contribution in [1.82, 2.24) is 9.62 Å². The minimum absolute atomic E-state index is 0.0476. The van der Waals surface area contributed by atoms with Crippen molar-refractivity contribution in [1.29, 1.82) is 0 Å². The van der Waals surface area contributed by atoms with Crippen molar-refractivity contribution in [3.8, 4) is 11.5 Å². The fourth-order valence-electron chi connectivity index (χ4n) is 3.34. The highest BCUT2D eigenvalue weighted by Gasteiger charge is 2.34. The minimum Gasteiger partial charge on any atom is -0.457 e. The minimum atomic E-state index is -3.61. The molecule has 0 aliphatic carbocycles. The SMILES string of the molecule is C=CC(=O)NC1CCN(S(=O)(=O)c2ccc(Oc3ccccc3)cc2)C(C)C1. The fourth-order valence-corrected chi connectivity index (χ4v) is 5.00. The number of hydrogen-bond acceptors (Lipinski definition) is 4. The first-order valence-electron chi connectivity index (χ1n) is 9.18. The van der Waals surface area contributed by atoms with E-state index in [9.17, 15) is 13.2 Å². The predicted octanol–water partition coefficient (Wildman–Crippen LogP) is 3.32. The van der Waals surface area contributed by atoms with Crippen LogP contribution >= 0.6 is 0 Å². The number of para-hydroxylation sites is 1. The van der Waals surface area contributed by atoms with E-state index in [2.05, 4.69) is 11.9 Å². The Bertz CT molecular complexity index is 927. The van der Waals surface area contributed by atoms with E-state index < -0.39 is 10.0 Å². The Hall–Kier alpha value is -2.64. The van der Waals surface area contributed by atoms with Gasteiger partial charge in [-0.05, 0) is 62.2 Å². The van der Waals surface area contributed by atoms with Crippen LogP contribution in [0.25, 0.3) is 0 Å². The van der Waals surface area contributed by atoms with Gasteiger partial charge >= 0.3 is 0 Å². The Morgan fingerprint density at radius 1 is 1.14 bits per heavy atom. The van der Waals surface area contributed by atoms with Crippen molar-refractivity contribution in [2.24, 2.45) is 0 Å². The van der Waals surface area contributed by atoms with Gasteiger partial charge in [0.1, 0.15) is 11.5 Å². The third kappa shape index (κ3) is 4.61. The van der Waals surface area contributed by atoms with E-state index in [4.69, 9.17) is 4.74 Å². The molecule has 2 aromatic rings. The topological polar surface area (TPSA) is 75.7 Å². The van der Waals surface area contributed by atoms with Crippen LogP contribution in [0.15, 0.2) is 72.1 Å². The summed E-state index contributed by atoms with van der Waals surface area (Å²) in [5.74, 6) is 1.03. The van der Waals surface area contributed by atoms with E-state index in [0.717, 1.165) is 0 Å². The number of nitrogens with one attached hydrogen (secondary N) is 1. The molecule has 0 aromatic heterocycles. The van der Waals surface area contributed by atoms with Gasteiger partial charge in [0.05, 0.1) is 4.90 Å². The molecule has 2 unspecified atom stereocenters. The summed E-state index contributed by atoms with van der Waals surface area (Å²) < 4.78 is 33.3. The smallest absolute Gasteiger partial charge is 0.243 e. The third-order valence-corrected chi connectivity index (χ3v) is 6.78. The Balaban J connectivity index is 1.69. The van der Waals surface area contributed by atoms with Crippen molar-refractivity contribution < 1.29 is 17.9 Å². The molecular weight excluding hydrogens is 376 g/mol. The molecule has 2 aromatic carbocycles. The highest BCUT2D eigenvalue weighted by Crippen LogP contribution is 2.28. The van der Waals surface area contributed by atoms with Gasteiger partial charge in [0.2, 0.25) is 15.9 Å². The molecule has 28 heavy (non-hydrogen) atoms. The number of benzene rings is 2. The zero-order valence-electron chi connectivity index (χ0n) is 15.7. The molecule has 1 fully saturated rings. The predicted molar refractivity (Wildman–Crippen MR) is 108 cm³/mol. The lowest BCUT2D eigenvalue weighted by Gasteiger charge is -2.36. The second-order valence-corrected chi connectivity index (χ2v) is 8.68. The largest absolute Gasteiger partial charge is 0.457 e. The Morgan fingerprint density at radius 3 is 2.39 bits per heavy atom. The summed E-state index contributed by atoms with van der Waals surface area (Å²) >= 11 is 0. The molecule has 1 heterocycles. The number of amides is 1. The Morgan fingerprint density at radius 2 is 1.79 bits per heavy atom. The summed E-state index contributed by atoms with van der Waals surface area (Å²) in [6.45, 7) is 5.66. The van der Waals surface area contributed by atoms with Crippen LogP contribution in [0.5, 0.6) is 11.5 Å². The zero-order valence-corrected chi connectivity index (χ0v) is 16.6. The molecule has 1 amide bonds. The van der Waals surface area contributed by atoms with Crippen LogP contribution in [0, 0.1) is 0 Å². The summed E-state index contributed by atoms with van der Waals surface area (Å²) in [5.41, 5.74) is 0. The molecule has 1 saturated heterocycles. The van der Waals surface area contributed by atoms with Gasteiger partial charge in [0.25, 0.3) is 0 Å². The van der Waals surface area contributed by atoms with Crippen LogP contribution in [0.4, 0.5) is 0 Å². The summed E-state index contributed by atoms with van der Waals surface area (Å²) in [6.07, 6.45) is 2.36. The molecule has 0 bridgehead atoms. The first-order chi connectivity index (χ1) is 13.4. The first-order valence-corrected chi connectivity index (χ1v) is 10.6. The quantitative estimate of drug-likeness (QED) is 0.755. The van der Waals surface area contributed by atoms with E-state index >= 15 is 0 Å². The second kappa shape index (κ2) is 8.58. The molecule has 1 N–H and O–H groups in total. The maximum Gasteiger partial charge on any atom is 0.243 e. The van der Waals surface area contributed by atoms with Crippen LogP contribution in [0.1, 0.15) is 19.8 Å². The van der Waals surface area contributed by atoms with Gasteiger partial charge < -0.3 is 10.1 Å². The van der Waals surface area contributed by atoms with Gasteiger partial charge in [-0.2, -0.15) is 4.31 Å². The molecule has 7 heteroatoms. The van der Waals surface area contributed by atoms with Crippen molar-refractivity contribution in [3.63, 3.8) is 0 Å². The van der Waals surface area contributed by atoms with E-state index in [1.807, 2.05) is 37.3 Å². The number of hydrogen-bond donors (Lipinski definition) is 1. The number of carbonyl (C=O) groups excluding carboxylic acids is 1. The molecule has 148 valence electrons. The van der Waals surface area contributed by atoms with Crippen molar-refractivity contribution >= 4 is 15.9 Å². The number of piperidine rings is 1. The van der Waals surface area contributed by atoms with Gasteiger partial charge in [0, 0.05) is 18.6 Å². The van der Waals surface area contributed by atoms with Gasteiger partial charge in [-0.15, -0.1) is 0 Å². The molecule has 3 rings (SSSR count). The van der Waals surface area contributed by atoms with Gasteiger partial charge in [-0.25, -0.2) is 8.42 Å². The number of carbonyl (C=O) groups is 1. The standard InChI is InChI=1S/C21H24N2O4S/c1-3-21(24)22-17-13-14-23(16(2)15-17)28(25,26)20-11-9-19(10-12-20)27-18-7-5-4-6-8-18/h3-12,16-17H,1,13-15H2,2H3,(H,22,24). The number of ether oxygens (including phenoxy) is 1. The lowest BCUT2D eigenvalue weighted by molar-refractivity contribution is -0.117. The van der Waals surface area contributed by atoms with Gasteiger partial charge in [-0.1, -0.05) is 24.8 Å². The monoisotopic (exact) mass is 400 g/mol. The van der Waals surface area contributed by atoms with Gasteiger partial charge in [-0.3, -0.25) is 4.79 Å². The highest BCUT2D eigenvalue weighted by atomic mass is 32.2. The average Bonchev–Trinajstić information content (AvgIpc) is 2.69. The molecule has 0 spiro atoms. The normalized spacial score (nSPS) is 20.3. The van der Waals surface area contributed by atoms with Crippen LogP contribution in [-0.4, -0.2) is 37.3 Å². The van der Waals surface area contributed by atoms with E-state index in [0.29, 0.717) is 30.9 Å². The summed E-state index contributed by atoms with van der Waals surface area (Å²) in [4.78, 5) is 11.7. The maximum absolute atomic E-state index is 13.0. The third-order valence-electron chi connectivity index (χ3n) is 4.76. The summed E-state index contributed by atoms with van der Waals surface area (Å²) in [6, 6.07) is 15.5. The molecular formula is C21H24N2O4S. The van der Waals surface area contributed by atoms with Crippen molar-refractivity contribution in [2.45, 2.75) is 36.7 Å². The van der Waals surface area contributed by atoms with E-state index in [1.165, 1.54) is 10.4 Å². The molecule has 1 aliphatic heterocycles. The molecule has 0 radical (unpaired) electrons. The van der Waals surface area contributed by atoms with Gasteiger partial charge in [0.15, 0.2) is 0 Å². The number of sulfonamides is 1. The summed E-state index contributed by atoms with van der Waals surface area (Å²) in [7, 11) is -3.61. The number of rotatable bonds is 6. The van der Waals surface area contributed by atoms with E-state index in [-0.39, 0.29) is 22.9 Å². The van der Waals surface area contributed by atoms with Crippen LogP contribution in [-0.2, 0) is 14.8 Å². The lowest BCUT2D eigenvalue weighted by atomic mass is 10.0. The Kier molecular flexibility index (Phi) is 6.16.